The Morgan fingerprint density at radius 1 is 1.11 bits per heavy atom. The van der Waals surface area contributed by atoms with Gasteiger partial charge in [-0.05, 0) is 43.3 Å². The van der Waals surface area contributed by atoms with Gasteiger partial charge in [-0.2, -0.15) is 0 Å². The van der Waals surface area contributed by atoms with Gasteiger partial charge < -0.3 is 9.67 Å². The molecule has 2 aromatic carbocycles. The smallest absolute Gasteiger partial charge is 0.323 e. The summed E-state index contributed by atoms with van der Waals surface area (Å²) >= 11 is 12.3. The Balaban J connectivity index is 2.09. The number of carbonyl (C=O) groups is 1. The summed E-state index contributed by atoms with van der Waals surface area (Å²) in [4.78, 5) is 11.5. The Labute approximate surface area is 165 Å². The normalized spacial score (nSPS) is 15.0. The molecule has 2 heterocycles. The highest BCUT2D eigenvalue weighted by molar-refractivity contribution is 7.95. The van der Waals surface area contributed by atoms with Gasteiger partial charge in [0, 0.05) is 48.8 Å². The zero-order valence-electron chi connectivity index (χ0n) is 14.0. The monoisotopic (exact) mass is 421 g/mol. The van der Waals surface area contributed by atoms with Crippen molar-refractivity contribution in [3.8, 4) is 0 Å². The van der Waals surface area contributed by atoms with Crippen LogP contribution in [0, 0.1) is 6.92 Å². The van der Waals surface area contributed by atoms with Crippen LogP contribution < -0.4 is 0 Å². The fourth-order valence-corrected chi connectivity index (χ4v) is 5.33. The van der Waals surface area contributed by atoms with Crippen LogP contribution in [0.15, 0.2) is 46.7 Å². The summed E-state index contributed by atoms with van der Waals surface area (Å²) in [5.74, 6) is -0.993. The van der Waals surface area contributed by atoms with Gasteiger partial charge in [0.15, 0.2) is 0 Å². The number of carboxylic acid groups (broad SMARTS) is 1. The molecule has 0 spiro atoms. The molecule has 0 saturated heterocycles. The Morgan fingerprint density at radius 3 is 2.48 bits per heavy atom. The molecule has 0 fully saturated rings. The fourth-order valence-electron chi connectivity index (χ4n) is 3.57. The number of rotatable bonds is 3. The first-order valence-corrected chi connectivity index (χ1v) is 10.3. The van der Waals surface area contributed by atoms with Crippen LogP contribution in [-0.4, -0.2) is 24.1 Å². The largest absolute Gasteiger partial charge is 0.480 e. The molecule has 0 aliphatic carbocycles. The molecule has 1 aliphatic heterocycles. The molecule has 138 valence electrons. The molecule has 4 rings (SSSR count). The van der Waals surface area contributed by atoms with Gasteiger partial charge in [0.25, 0.3) is 0 Å². The second kappa shape index (κ2) is 6.12. The van der Waals surface area contributed by atoms with E-state index in [0.29, 0.717) is 43.3 Å². The van der Waals surface area contributed by atoms with Crippen molar-refractivity contribution < 1.29 is 18.3 Å². The van der Waals surface area contributed by atoms with E-state index in [4.69, 9.17) is 23.2 Å². The first-order valence-electron chi connectivity index (χ1n) is 7.96. The van der Waals surface area contributed by atoms with Crippen molar-refractivity contribution in [1.29, 1.82) is 0 Å². The molecule has 0 saturated carbocycles. The van der Waals surface area contributed by atoms with Crippen LogP contribution in [0.2, 0.25) is 10.0 Å². The maximum Gasteiger partial charge on any atom is 0.323 e. The van der Waals surface area contributed by atoms with Crippen LogP contribution >= 0.6 is 23.2 Å². The Kier molecular flexibility index (Phi) is 4.10. The number of fused-ring (bicyclic) bond motifs is 2. The number of aromatic nitrogens is 1. The van der Waals surface area contributed by atoms with E-state index in [0.717, 1.165) is 0 Å². The molecule has 27 heavy (non-hydrogen) atoms. The van der Waals surface area contributed by atoms with Gasteiger partial charge in [-0.25, -0.2) is 8.42 Å². The summed E-state index contributed by atoms with van der Waals surface area (Å²) in [5.41, 5.74) is 2.94. The average Bonchev–Trinajstić information content (AvgIpc) is 2.98. The maximum absolute atomic E-state index is 12.6. The van der Waals surface area contributed by atoms with E-state index in [1.165, 1.54) is 17.5 Å². The van der Waals surface area contributed by atoms with Gasteiger partial charge in [0.05, 0.1) is 4.90 Å². The zero-order valence-corrected chi connectivity index (χ0v) is 16.4. The van der Waals surface area contributed by atoms with E-state index in [1.54, 1.807) is 35.8 Å². The van der Waals surface area contributed by atoms with Gasteiger partial charge in [-0.15, -0.1) is 0 Å². The molecule has 8 heteroatoms. The minimum absolute atomic E-state index is 0.183. The number of carboxylic acids is 1. The summed E-state index contributed by atoms with van der Waals surface area (Å²) in [6.07, 6.45) is 0. The number of benzene rings is 2. The minimum Gasteiger partial charge on any atom is -0.480 e. The zero-order chi connectivity index (χ0) is 19.5. The molecule has 0 bridgehead atoms. The Morgan fingerprint density at radius 2 is 1.78 bits per heavy atom. The quantitative estimate of drug-likeness (QED) is 0.674. The third kappa shape index (κ3) is 2.84. The summed E-state index contributed by atoms with van der Waals surface area (Å²) in [5, 5.41) is 12.1. The van der Waals surface area contributed by atoms with E-state index in [2.05, 4.69) is 0 Å². The molecule has 0 radical (unpaired) electrons. The predicted molar refractivity (Wildman–Crippen MR) is 105 cm³/mol. The third-order valence-electron chi connectivity index (χ3n) is 4.66. The molecule has 1 N–H and O–H groups in total. The highest BCUT2D eigenvalue weighted by Crippen LogP contribution is 2.43. The van der Waals surface area contributed by atoms with Crippen LogP contribution in [0.5, 0.6) is 0 Å². The SMILES string of the molecule is Cc1c(C2=CS(=O)(=O)c3ccc(Cl)cc32)c2cc(Cl)ccc2n1CC(=O)O. The molecule has 5 nitrogen and oxygen atoms in total. The molecule has 1 aromatic heterocycles. The van der Waals surface area contributed by atoms with Crippen molar-refractivity contribution in [2.24, 2.45) is 0 Å². The number of halogens is 2. The van der Waals surface area contributed by atoms with Crippen LogP contribution in [0.1, 0.15) is 16.8 Å². The highest BCUT2D eigenvalue weighted by atomic mass is 35.5. The molecule has 1 aliphatic rings. The lowest BCUT2D eigenvalue weighted by atomic mass is 9.97. The van der Waals surface area contributed by atoms with Crippen molar-refractivity contribution >= 4 is 55.5 Å². The van der Waals surface area contributed by atoms with Gasteiger partial charge in [-0.1, -0.05) is 23.2 Å². The summed E-state index contributed by atoms with van der Waals surface area (Å²) in [6, 6.07) is 9.75. The van der Waals surface area contributed by atoms with Crippen LogP contribution in [0.4, 0.5) is 0 Å². The van der Waals surface area contributed by atoms with Crippen molar-refractivity contribution in [1.82, 2.24) is 4.57 Å². The lowest BCUT2D eigenvalue weighted by Gasteiger charge is -2.08. The summed E-state index contributed by atoms with van der Waals surface area (Å²) in [7, 11) is -3.61. The lowest BCUT2D eigenvalue weighted by molar-refractivity contribution is -0.137. The first kappa shape index (κ1) is 18.1. The maximum atomic E-state index is 12.6. The number of sulfone groups is 1. The molecule has 0 amide bonds. The average molecular weight is 422 g/mol. The van der Waals surface area contributed by atoms with Crippen LogP contribution in [0.3, 0.4) is 0 Å². The first-order chi connectivity index (χ1) is 12.7. The Hall–Kier alpha value is -2.28. The van der Waals surface area contributed by atoms with Crippen LogP contribution in [-0.2, 0) is 21.2 Å². The molecule has 0 atom stereocenters. The number of aliphatic carboxylic acids is 1. The molecular formula is C19H13Cl2NO4S. The van der Waals surface area contributed by atoms with Gasteiger partial charge >= 0.3 is 5.97 Å². The van der Waals surface area contributed by atoms with E-state index in [9.17, 15) is 18.3 Å². The van der Waals surface area contributed by atoms with Crippen LogP contribution in [0.25, 0.3) is 16.5 Å². The van der Waals surface area contributed by atoms with Crippen molar-refractivity contribution in [3.63, 3.8) is 0 Å². The van der Waals surface area contributed by atoms with Crippen molar-refractivity contribution in [3.05, 3.63) is 68.7 Å². The van der Waals surface area contributed by atoms with E-state index < -0.39 is 15.8 Å². The highest BCUT2D eigenvalue weighted by Gasteiger charge is 2.31. The van der Waals surface area contributed by atoms with E-state index in [1.807, 2.05) is 0 Å². The second-order valence-corrected chi connectivity index (χ2v) is 8.96. The molecule has 3 aromatic rings. The topological polar surface area (TPSA) is 76.4 Å². The van der Waals surface area contributed by atoms with Gasteiger partial charge in [0.1, 0.15) is 6.54 Å². The van der Waals surface area contributed by atoms with Gasteiger partial charge in [0.2, 0.25) is 9.84 Å². The molecular weight excluding hydrogens is 409 g/mol. The fraction of sp³-hybridized carbons (Fsp3) is 0.105. The van der Waals surface area contributed by atoms with Crippen molar-refractivity contribution in [2.45, 2.75) is 18.4 Å². The Bertz CT molecular complexity index is 1270. The van der Waals surface area contributed by atoms with E-state index >= 15 is 0 Å². The third-order valence-corrected chi connectivity index (χ3v) is 6.64. The molecule has 0 unspecified atom stereocenters. The minimum atomic E-state index is -3.61. The van der Waals surface area contributed by atoms with E-state index in [-0.39, 0.29) is 11.4 Å². The number of hydrogen-bond acceptors (Lipinski definition) is 3. The van der Waals surface area contributed by atoms with Crippen molar-refractivity contribution in [2.75, 3.05) is 0 Å². The lowest BCUT2D eigenvalue weighted by Crippen LogP contribution is -2.10. The summed E-state index contributed by atoms with van der Waals surface area (Å²) < 4.78 is 26.8. The predicted octanol–water partition coefficient (Wildman–Crippen LogP) is 4.52. The number of hydrogen-bond donors (Lipinski definition) is 1. The van der Waals surface area contributed by atoms with Gasteiger partial charge in [-0.3, -0.25) is 4.79 Å². The standard InChI is InChI=1S/C19H13Cl2NO4S/c1-10-19(14-7-11(20)2-4-16(14)22(10)8-18(23)24)15-9-27(25,26)17-5-3-12(21)6-13(15)17/h2-7,9H,8H2,1H3,(H,23,24). The second-order valence-electron chi connectivity index (χ2n) is 6.32. The summed E-state index contributed by atoms with van der Waals surface area (Å²) in [6.45, 7) is 1.52. The number of nitrogens with zero attached hydrogens (tertiary/aromatic N) is 1.